The summed E-state index contributed by atoms with van der Waals surface area (Å²) in [6.07, 6.45) is 0. The van der Waals surface area contributed by atoms with E-state index in [1.165, 1.54) is 0 Å². The van der Waals surface area contributed by atoms with Crippen LogP contribution in [0.2, 0.25) is 10.3 Å². The molecule has 0 amide bonds. The maximum Gasteiger partial charge on any atom is 0.194 e. The molecule has 0 saturated heterocycles. The topological polar surface area (TPSA) is 46.0 Å². The fourth-order valence-electron chi connectivity index (χ4n) is 0.683. The quantitative estimate of drug-likeness (QED) is 0.586. The van der Waals surface area contributed by atoms with Crippen molar-refractivity contribution < 1.29 is 5.11 Å². The van der Waals surface area contributed by atoms with Crippen molar-refractivity contribution in [3.05, 3.63) is 21.7 Å². The molecule has 0 bridgehead atoms. The first kappa shape index (κ1) is 9.64. The molecule has 0 atom stereocenters. The van der Waals surface area contributed by atoms with Crippen LogP contribution in [0.4, 0.5) is 0 Å². The largest absolute Gasteiger partial charge is 0.498 e. The third-order valence-corrected chi connectivity index (χ3v) is 1.90. The number of hydrogen-bond acceptors (Lipinski definition) is 3. The van der Waals surface area contributed by atoms with Gasteiger partial charge in [0.2, 0.25) is 0 Å². The Kier molecular flexibility index (Phi) is 2.82. The van der Waals surface area contributed by atoms with Gasteiger partial charge in [-0.2, -0.15) is 0 Å². The molecule has 0 aromatic carbocycles. The Balaban J connectivity index is 3.38. The summed E-state index contributed by atoms with van der Waals surface area (Å²) >= 11 is 15.8. The third-order valence-electron chi connectivity index (χ3n) is 1.15. The second kappa shape index (κ2) is 3.51. The first-order valence-electron chi connectivity index (χ1n) is 2.95. The molecule has 1 rings (SSSR count). The highest BCUT2D eigenvalue weighted by Gasteiger charge is 2.13. The molecule has 0 radical (unpaired) electrons. The SMILES string of the molecule is Cc1nc(Cl)c(C(O)=S)c(Cl)n1. The third kappa shape index (κ3) is 1.83. The summed E-state index contributed by atoms with van der Waals surface area (Å²) in [6.45, 7) is 1.64. The van der Waals surface area contributed by atoms with Gasteiger partial charge >= 0.3 is 0 Å². The van der Waals surface area contributed by atoms with Crippen LogP contribution < -0.4 is 0 Å². The standard InChI is InChI=1S/C6H4Cl2N2OS/c1-2-9-4(7)3(6(11)12)5(8)10-2/h1H3,(H,11,12). The zero-order chi connectivity index (χ0) is 9.30. The van der Waals surface area contributed by atoms with Crippen LogP contribution in [0.3, 0.4) is 0 Å². The highest BCUT2D eigenvalue weighted by Crippen LogP contribution is 2.20. The van der Waals surface area contributed by atoms with Crippen molar-refractivity contribution in [2.24, 2.45) is 0 Å². The minimum Gasteiger partial charge on any atom is -0.498 e. The van der Waals surface area contributed by atoms with Crippen molar-refractivity contribution in [1.29, 1.82) is 0 Å². The van der Waals surface area contributed by atoms with Crippen LogP contribution in [-0.4, -0.2) is 20.1 Å². The number of aliphatic hydroxyl groups is 1. The lowest BCUT2D eigenvalue weighted by Gasteiger charge is -2.02. The van der Waals surface area contributed by atoms with Gasteiger partial charge in [-0.1, -0.05) is 23.2 Å². The highest BCUT2D eigenvalue weighted by atomic mass is 35.5. The molecule has 3 nitrogen and oxygen atoms in total. The van der Waals surface area contributed by atoms with E-state index in [1.807, 2.05) is 0 Å². The molecule has 0 fully saturated rings. The summed E-state index contributed by atoms with van der Waals surface area (Å²) < 4.78 is 0. The van der Waals surface area contributed by atoms with Crippen molar-refractivity contribution in [2.75, 3.05) is 0 Å². The summed E-state index contributed by atoms with van der Waals surface area (Å²) in [6, 6.07) is 0. The Morgan fingerprint density at radius 1 is 1.33 bits per heavy atom. The Labute approximate surface area is 84.4 Å². The molecule has 1 heterocycles. The van der Waals surface area contributed by atoms with Crippen molar-refractivity contribution >= 4 is 40.5 Å². The zero-order valence-electron chi connectivity index (χ0n) is 6.01. The van der Waals surface area contributed by atoms with Crippen molar-refractivity contribution in [3.8, 4) is 0 Å². The molecule has 12 heavy (non-hydrogen) atoms. The maximum absolute atomic E-state index is 8.96. The van der Waals surface area contributed by atoms with Gasteiger partial charge in [0.25, 0.3) is 0 Å². The Bertz CT molecular complexity index is 319. The molecule has 0 aliphatic heterocycles. The molecule has 1 aromatic rings. The normalized spacial score (nSPS) is 9.92. The number of thiocarbonyl (C=S) groups is 1. The number of halogens is 2. The summed E-state index contributed by atoms with van der Waals surface area (Å²) in [7, 11) is 0. The van der Waals surface area contributed by atoms with Crippen molar-refractivity contribution in [3.63, 3.8) is 0 Å². The van der Waals surface area contributed by atoms with Gasteiger partial charge in [-0.25, -0.2) is 9.97 Å². The van der Waals surface area contributed by atoms with E-state index >= 15 is 0 Å². The molecule has 64 valence electrons. The van der Waals surface area contributed by atoms with Gasteiger partial charge in [0.1, 0.15) is 21.7 Å². The van der Waals surface area contributed by atoms with Gasteiger partial charge in [-0.15, -0.1) is 0 Å². The summed E-state index contributed by atoms with van der Waals surface area (Å²) in [5.74, 6) is 0.435. The number of aliphatic hydroxyl groups excluding tert-OH is 1. The number of aromatic nitrogens is 2. The predicted octanol–water partition coefficient (Wildman–Crippen LogP) is 2.33. The fraction of sp³-hybridized carbons (Fsp3) is 0.167. The van der Waals surface area contributed by atoms with Crippen LogP contribution in [-0.2, 0) is 0 Å². The number of hydrogen-bond donors (Lipinski definition) is 1. The highest BCUT2D eigenvalue weighted by molar-refractivity contribution is 7.80. The van der Waals surface area contributed by atoms with Crippen LogP contribution >= 0.6 is 35.4 Å². The van der Waals surface area contributed by atoms with E-state index in [9.17, 15) is 0 Å². The van der Waals surface area contributed by atoms with Gasteiger partial charge in [-0.05, 0) is 19.1 Å². The average molecular weight is 223 g/mol. The first-order valence-corrected chi connectivity index (χ1v) is 4.11. The second-order valence-corrected chi connectivity index (χ2v) is 3.14. The summed E-state index contributed by atoms with van der Waals surface area (Å²) in [4.78, 5) is 7.56. The van der Waals surface area contributed by atoms with Crippen molar-refractivity contribution in [2.45, 2.75) is 6.92 Å². The molecular weight excluding hydrogens is 219 g/mol. The minimum atomic E-state index is -0.398. The van der Waals surface area contributed by atoms with Gasteiger partial charge in [0.15, 0.2) is 5.05 Å². The van der Waals surface area contributed by atoms with E-state index in [1.54, 1.807) is 6.92 Å². The Hall–Kier alpha value is -0.450. The zero-order valence-corrected chi connectivity index (χ0v) is 8.33. The van der Waals surface area contributed by atoms with E-state index < -0.39 is 5.05 Å². The van der Waals surface area contributed by atoms with E-state index in [2.05, 4.69) is 22.2 Å². The Morgan fingerprint density at radius 2 is 1.75 bits per heavy atom. The Morgan fingerprint density at radius 3 is 2.08 bits per heavy atom. The van der Waals surface area contributed by atoms with Crippen LogP contribution in [0.25, 0.3) is 0 Å². The molecule has 0 aliphatic rings. The monoisotopic (exact) mass is 222 g/mol. The number of aryl methyl sites for hydroxylation is 1. The van der Waals surface area contributed by atoms with E-state index in [0.29, 0.717) is 5.82 Å². The number of nitrogens with zero attached hydrogens (tertiary/aromatic N) is 2. The summed E-state index contributed by atoms with van der Waals surface area (Å²) in [5.41, 5.74) is 0.110. The average Bonchev–Trinajstić information content (AvgIpc) is 1.82. The van der Waals surface area contributed by atoms with Gasteiger partial charge in [0.05, 0.1) is 0 Å². The maximum atomic E-state index is 8.96. The fourth-order valence-corrected chi connectivity index (χ4v) is 1.64. The lowest BCUT2D eigenvalue weighted by molar-refractivity contribution is 0.570. The van der Waals surface area contributed by atoms with Gasteiger partial charge in [-0.3, -0.25) is 0 Å². The molecule has 6 heteroatoms. The van der Waals surface area contributed by atoms with E-state index in [4.69, 9.17) is 28.3 Å². The second-order valence-electron chi connectivity index (χ2n) is 2.03. The van der Waals surface area contributed by atoms with E-state index in [0.717, 1.165) is 0 Å². The van der Waals surface area contributed by atoms with Crippen LogP contribution in [0.5, 0.6) is 0 Å². The van der Waals surface area contributed by atoms with Crippen LogP contribution in [0.1, 0.15) is 11.4 Å². The lowest BCUT2D eigenvalue weighted by atomic mass is 10.3. The molecule has 0 unspecified atom stereocenters. The minimum absolute atomic E-state index is 0.0694. The first-order chi connectivity index (χ1) is 5.52. The van der Waals surface area contributed by atoms with Crippen LogP contribution in [0, 0.1) is 6.92 Å². The van der Waals surface area contributed by atoms with E-state index in [-0.39, 0.29) is 15.9 Å². The molecule has 0 spiro atoms. The molecule has 0 saturated carbocycles. The van der Waals surface area contributed by atoms with Crippen LogP contribution in [0.15, 0.2) is 0 Å². The molecule has 0 aliphatic carbocycles. The van der Waals surface area contributed by atoms with Gasteiger partial charge in [0, 0.05) is 0 Å². The summed E-state index contributed by atoms with van der Waals surface area (Å²) in [5, 5.41) is 8.70. The molecule has 1 N–H and O–H groups in total. The molecular formula is C6H4Cl2N2OS. The van der Waals surface area contributed by atoms with Crippen molar-refractivity contribution in [1.82, 2.24) is 9.97 Å². The smallest absolute Gasteiger partial charge is 0.194 e. The predicted molar refractivity (Wildman–Crippen MR) is 51.1 cm³/mol. The lowest BCUT2D eigenvalue weighted by Crippen LogP contribution is -2.02. The van der Waals surface area contributed by atoms with Gasteiger partial charge < -0.3 is 5.11 Å². The number of rotatable bonds is 1. The molecule has 1 aromatic heterocycles.